The van der Waals surface area contributed by atoms with Gasteiger partial charge < -0.3 is 10.1 Å². The molecular formula is C15H28N4O. The van der Waals surface area contributed by atoms with Crippen LogP contribution < -0.4 is 5.32 Å². The summed E-state index contributed by atoms with van der Waals surface area (Å²) >= 11 is 0. The van der Waals surface area contributed by atoms with E-state index in [2.05, 4.69) is 42.2 Å². The van der Waals surface area contributed by atoms with Crippen molar-refractivity contribution in [2.45, 2.75) is 38.8 Å². The summed E-state index contributed by atoms with van der Waals surface area (Å²) < 4.78 is 7.35. The van der Waals surface area contributed by atoms with Gasteiger partial charge in [0.25, 0.3) is 0 Å². The first-order valence-electron chi connectivity index (χ1n) is 7.58. The molecule has 0 aromatic carbocycles. The molecule has 5 nitrogen and oxygen atoms in total. The van der Waals surface area contributed by atoms with E-state index >= 15 is 0 Å². The predicted molar refractivity (Wildman–Crippen MR) is 80.8 cm³/mol. The molecule has 0 aliphatic carbocycles. The van der Waals surface area contributed by atoms with E-state index in [1.807, 2.05) is 17.9 Å². The zero-order chi connectivity index (χ0) is 14.6. The summed E-state index contributed by atoms with van der Waals surface area (Å²) in [6.07, 6.45) is 2.97. The predicted octanol–water partition coefficient (Wildman–Crippen LogP) is 1.05. The average molecular weight is 280 g/mol. The summed E-state index contributed by atoms with van der Waals surface area (Å²) in [4.78, 5) is 2.53. The van der Waals surface area contributed by atoms with Crippen molar-refractivity contribution in [2.75, 3.05) is 32.8 Å². The van der Waals surface area contributed by atoms with E-state index in [-0.39, 0.29) is 5.54 Å². The van der Waals surface area contributed by atoms with Gasteiger partial charge in [0.1, 0.15) is 0 Å². The van der Waals surface area contributed by atoms with E-state index in [9.17, 15) is 0 Å². The molecule has 114 valence electrons. The van der Waals surface area contributed by atoms with Gasteiger partial charge in [0.05, 0.1) is 18.9 Å². The van der Waals surface area contributed by atoms with Gasteiger partial charge in [0.15, 0.2) is 0 Å². The summed E-state index contributed by atoms with van der Waals surface area (Å²) in [5.41, 5.74) is 1.25. The number of nitrogens with one attached hydrogen (secondary N) is 1. The molecule has 0 amide bonds. The Hall–Kier alpha value is -0.910. The number of nitrogens with zero attached hydrogens (tertiary/aromatic N) is 3. The van der Waals surface area contributed by atoms with E-state index in [1.54, 1.807) is 0 Å². The molecule has 1 N–H and O–H groups in total. The second-order valence-electron chi connectivity index (χ2n) is 6.05. The third kappa shape index (κ3) is 3.59. The van der Waals surface area contributed by atoms with Crippen molar-refractivity contribution in [1.29, 1.82) is 0 Å². The molecule has 1 aliphatic rings. The fraction of sp³-hybridized carbons (Fsp3) is 0.800. The summed E-state index contributed by atoms with van der Waals surface area (Å²) in [7, 11) is 1.97. The molecule has 20 heavy (non-hydrogen) atoms. The highest BCUT2D eigenvalue weighted by atomic mass is 16.5. The zero-order valence-corrected chi connectivity index (χ0v) is 13.2. The molecule has 0 bridgehead atoms. The summed E-state index contributed by atoms with van der Waals surface area (Å²) in [5.74, 6) is 0. The molecule has 1 aliphatic heterocycles. The highest BCUT2D eigenvalue weighted by Crippen LogP contribution is 2.23. The van der Waals surface area contributed by atoms with E-state index in [1.165, 1.54) is 0 Å². The summed E-state index contributed by atoms with van der Waals surface area (Å²) in [6, 6.07) is 2.50. The Labute approximate surface area is 122 Å². The molecule has 1 unspecified atom stereocenters. The van der Waals surface area contributed by atoms with Gasteiger partial charge in [-0.1, -0.05) is 6.92 Å². The second kappa shape index (κ2) is 6.70. The molecule has 0 saturated carbocycles. The first-order valence-corrected chi connectivity index (χ1v) is 7.58. The number of ether oxygens (including phenoxy) is 1. The molecule has 1 atom stereocenters. The normalized spacial score (nSPS) is 19.2. The number of rotatable bonds is 6. The summed E-state index contributed by atoms with van der Waals surface area (Å²) in [5, 5.41) is 8.17. The van der Waals surface area contributed by atoms with Crippen LogP contribution in [0.1, 0.15) is 26.5 Å². The molecule has 5 heteroatoms. The Morgan fingerprint density at radius 1 is 1.40 bits per heavy atom. The van der Waals surface area contributed by atoms with E-state index in [0.29, 0.717) is 6.04 Å². The third-order valence-corrected chi connectivity index (χ3v) is 4.31. The minimum atomic E-state index is 0.0946. The van der Waals surface area contributed by atoms with Crippen LogP contribution in [0, 0.1) is 0 Å². The second-order valence-corrected chi connectivity index (χ2v) is 6.05. The van der Waals surface area contributed by atoms with Gasteiger partial charge in [0, 0.05) is 44.3 Å². The van der Waals surface area contributed by atoms with Crippen LogP contribution in [0.3, 0.4) is 0 Å². The molecule has 1 aromatic heterocycles. The molecule has 0 spiro atoms. The van der Waals surface area contributed by atoms with E-state index in [4.69, 9.17) is 4.74 Å². The van der Waals surface area contributed by atoms with Crippen LogP contribution in [0.2, 0.25) is 0 Å². The molecule has 1 aromatic rings. The van der Waals surface area contributed by atoms with Crippen molar-refractivity contribution in [1.82, 2.24) is 20.0 Å². The van der Waals surface area contributed by atoms with Crippen molar-refractivity contribution in [2.24, 2.45) is 7.05 Å². The van der Waals surface area contributed by atoms with Crippen LogP contribution in [0.4, 0.5) is 0 Å². The zero-order valence-electron chi connectivity index (χ0n) is 13.2. The number of morpholine rings is 1. The maximum Gasteiger partial charge on any atom is 0.0640 e. The summed E-state index contributed by atoms with van der Waals surface area (Å²) in [6.45, 7) is 11.5. The Kier molecular flexibility index (Phi) is 5.18. The Morgan fingerprint density at radius 3 is 2.65 bits per heavy atom. The highest BCUT2D eigenvalue weighted by molar-refractivity contribution is 5.06. The average Bonchev–Trinajstić information content (AvgIpc) is 2.85. The lowest BCUT2D eigenvalue weighted by Crippen LogP contribution is -2.61. The molecule has 2 heterocycles. The van der Waals surface area contributed by atoms with Crippen LogP contribution in [0.15, 0.2) is 12.3 Å². The quantitative estimate of drug-likeness (QED) is 0.846. The largest absolute Gasteiger partial charge is 0.379 e. The van der Waals surface area contributed by atoms with Crippen LogP contribution in [-0.2, 0) is 18.2 Å². The van der Waals surface area contributed by atoms with Gasteiger partial charge in [-0.25, -0.2) is 0 Å². The van der Waals surface area contributed by atoms with Crippen LogP contribution >= 0.6 is 0 Å². The topological polar surface area (TPSA) is 42.3 Å². The van der Waals surface area contributed by atoms with Crippen LogP contribution in [0.5, 0.6) is 0 Å². The van der Waals surface area contributed by atoms with E-state index < -0.39 is 0 Å². The number of aryl methyl sites for hydroxylation is 1. The van der Waals surface area contributed by atoms with Gasteiger partial charge in [-0.05, 0) is 26.5 Å². The Balaban J connectivity index is 2.08. The smallest absolute Gasteiger partial charge is 0.0640 e. The molecule has 0 radical (unpaired) electrons. The lowest BCUT2D eigenvalue weighted by molar-refractivity contribution is -0.0231. The van der Waals surface area contributed by atoms with Crippen molar-refractivity contribution >= 4 is 0 Å². The van der Waals surface area contributed by atoms with Gasteiger partial charge in [0.2, 0.25) is 0 Å². The number of hydrogen-bond acceptors (Lipinski definition) is 4. The maximum absolute atomic E-state index is 5.48. The Bertz CT molecular complexity index is 410. The van der Waals surface area contributed by atoms with Gasteiger partial charge in [-0.2, -0.15) is 5.10 Å². The molecular weight excluding hydrogens is 252 g/mol. The van der Waals surface area contributed by atoms with Crippen molar-refractivity contribution in [3.8, 4) is 0 Å². The monoisotopic (exact) mass is 280 g/mol. The fourth-order valence-corrected chi connectivity index (χ4v) is 2.96. The lowest BCUT2D eigenvalue weighted by Gasteiger charge is -2.46. The van der Waals surface area contributed by atoms with Crippen molar-refractivity contribution in [3.05, 3.63) is 18.0 Å². The minimum absolute atomic E-state index is 0.0946. The highest BCUT2D eigenvalue weighted by Gasteiger charge is 2.36. The lowest BCUT2D eigenvalue weighted by atomic mass is 9.88. The maximum atomic E-state index is 5.48. The van der Waals surface area contributed by atoms with Crippen LogP contribution in [0.25, 0.3) is 0 Å². The Morgan fingerprint density at radius 2 is 2.10 bits per heavy atom. The standard InChI is InChI=1S/C15H28N4O/c1-5-16-14(12-13-6-7-18(4)17-13)15(2,3)19-8-10-20-11-9-19/h6-7,14,16H,5,8-12H2,1-4H3. The number of aromatic nitrogens is 2. The first-order chi connectivity index (χ1) is 9.54. The third-order valence-electron chi connectivity index (χ3n) is 4.31. The van der Waals surface area contributed by atoms with Crippen molar-refractivity contribution < 1.29 is 4.74 Å². The molecule has 1 fully saturated rings. The van der Waals surface area contributed by atoms with Crippen molar-refractivity contribution in [3.63, 3.8) is 0 Å². The molecule has 2 rings (SSSR count). The van der Waals surface area contributed by atoms with Crippen LogP contribution in [-0.4, -0.2) is 59.1 Å². The SMILES string of the molecule is CCNC(Cc1ccn(C)n1)C(C)(C)N1CCOCC1. The fourth-order valence-electron chi connectivity index (χ4n) is 2.96. The van der Waals surface area contributed by atoms with Gasteiger partial charge in [-0.3, -0.25) is 9.58 Å². The molecule has 1 saturated heterocycles. The number of likely N-dealkylation sites (N-methyl/N-ethyl adjacent to an activating group) is 1. The van der Waals surface area contributed by atoms with Gasteiger partial charge in [-0.15, -0.1) is 0 Å². The van der Waals surface area contributed by atoms with Gasteiger partial charge >= 0.3 is 0 Å². The first kappa shape index (κ1) is 15.5. The number of hydrogen-bond donors (Lipinski definition) is 1. The minimum Gasteiger partial charge on any atom is -0.379 e. The van der Waals surface area contributed by atoms with E-state index in [0.717, 1.165) is 45.0 Å².